The second kappa shape index (κ2) is 8.16. The van der Waals surface area contributed by atoms with Crippen LogP contribution >= 0.6 is 11.6 Å². The lowest BCUT2D eigenvalue weighted by Gasteiger charge is -2.30. The third-order valence-electron chi connectivity index (χ3n) is 4.02. The lowest BCUT2D eigenvalue weighted by atomic mass is 10.1. The van der Waals surface area contributed by atoms with Gasteiger partial charge in [-0.1, -0.05) is 41.9 Å². The summed E-state index contributed by atoms with van der Waals surface area (Å²) < 4.78 is 11.2. The summed E-state index contributed by atoms with van der Waals surface area (Å²) in [6.07, 6.45) is -0.895. The summed E-state index contributed by atoms with van der Waals surface area (Å²) in [5.41, 5.74) is 0.538. The van der Waals surface area contributed by atoms with E-state index in [-0.39, 0.29) is 22.4 Å². The van der Waals surface area contributed by atoms with Crippen LogP contribution in [0.4, 0.5) is 5.69 Å². The van der Waals surface area contributed by atoms with Crippen molar-refractivity contribution in [2.75, 3.05) is 26.3 Å². The van der Waals surface area contributed by atoms with Gasteiger partial charge in [-0.05, 0) is 6.07 Å². The van der Waals surface area contributed by atoms with Crippen LogP contribution in [-0.2, 0) is 9.53 Å². The number of halogens is 1. The number of nitro groups is 1. The number of morpholine rings is 1. The number of benzene rings is 2. The predicted molar refractivity (Wildman–Crippen MR) is 95.3 cm³/mol. The Bertz CT molecular complexity index is 793. The first-order valence-corrected chi connectivity index (χ1v) is 8.46. The molecule has 0 spiro atoms. The summed E-state index contributed by atoms with van der Waals surface area (Å²) in [4.78, 5) is 25.0. The van der Waals surface area contributed by atoms with Crippen molar-refractivity contribution in [2.24, 2.45) is 0 Å². The summed E-state index contributed by atoms with van der Waals surface area (Å²) in [5.74, 6) is 0.0154. The van der Waals surface area contributed by atoms with Crippen molar-refractivity contribution < 1.29 is 19.2 Å². The van der Waals surface area contributed by atoms with E-state index in [9.17, 15) is 14.9 Å². The predicted octanol–water partition coefficient (Wildman–Crippen LogP) is 3.23. The minimum atomic E-state index is -0.895. The molecule has 0 N–H and O–H groups in total. The van der Waals surface area contributed by atoms with Gasteiger partial charge in [0.1, 0.15) is 5.75 Å². The van der Waals surface area contributed by atoms with E-state index in [1.165, 1.54) is 18.2 Å². The first kappa shape index (κ1) is 18.2. The van der Waals surface area contributed by atoms with Gasteiger partial charge in [0, 0.05) is 30.8 Å². The Kier molecular flexibility index (Phi) is 5.70. The van der Waals surface area contributed by atoms with Crippen molar-refractivity contribution in [3.05, 3.63) is 69.2 Å². The van der Waals surface area contributed by atoms with Gasteiger partial charge in [-0.25, -0.2) is 0 Å². The van der Waals surface area contributed by atoms with Gasteiger partial charge in [-0.2, -0.15) is 0 Å². The molecule has 1 atom stereocenters. The molecule has 0 aliphatic carbocycles. The van der Waals surface area contributed by atoms with Crippen LogP contribution < -0.4 is 4.74 Å². The maximum Gasteiger partial charge on any atom is 0.271 e. The van der Waals surface area contributed by atoms with Gasteiger partial charge in [0.25, 0.3) is 11.6 Å². The van der Waals surface area contributed by atoms with Crippen LogP contribution in [0, 0.1) is 10.1 Å². The average molecular weight is 377 g/mol. The zero-order chi connectivity index (χ0) is 18.5. The van der Waals surface area contributed by atoms with Crippen molar-refractivity contribution in [3.8, 4) is 5.75 Å². The largest absolute Gasteiger partial charge is 0.474 e. The van der Waals surface area contributed by atoms with E-state index in [0.717, 1.165) is 0 Å². The highest BCUT2D eigenvalue weighted by Gasteiger charge is 2.29. The van der Waals surface area contributed by atoms with E-state index in [1.54, 1.807) is 17.0 Å². The minimum absolute atomic E-state index is 0.0786. The van der Waals surface area contributed by atoms with Crippen LogP contribution in [-0.4, -0.2) is 42.0 Å². The molecule has 2 aromatic carbocycles. The SMILES string of the molecule is O=C([C@@H](Oc1ccc([N+](=O)[O-])cc1Cl)c1ccccc1)N1CCOCC1. The summed E-state index contributed by atoms with van der Waals surface area (Å²) >= 11 is 6.12. The molecular formula is C18H17ClN2O5. The maximum atomic E-state index is 13.0. The fourth-order valence-corrected chi connectivity index (χ4v) is 2.88. The Balaban J connectivity index is 1.89. The van der Waals surface area contributed by atoms with E-state index < -0.39 is 11.0 Å². The maximum absolute atomic E-state index is 13.0. The lowest BCUT2D eigenvalue weighted by molar-refractivity contribution is -0.384. The number of ether oxygens (including phenoxy) is 2. The van der Waals surface area contributed by atoms with Gasteiger partial charge in [0.15, 0.2) is 0 Å². The number of hydrogen-bond acceptors (Lipinski definition) is 5. The third kappa shape index (κ3) is 4.12. The van der Waals surface area contributed by atoms with Gasteiger partial charge in [0.05, 0.1) is 23.2 Å². The van der Waals surface area contributed by atoms with Crippen LogP contribution in [0.15, 0.2) is 48.5 Å². The number of amides is 1. The van der Waals surface area contributed by atoms with Gasteiger partial charge in [-0.15, -0.1) is 0 Å². The molecule has 8 heteroatoms. The number of non-ortho nitro benzene ring substituents is 1. The number of rotatable bonds is 5. The topological polar surface area (TPSA) is 81.9 Å². The Hall–Kier alpha value is -2.64. The minimum Gasteiger partial charge on any atom is -0.474 e. The first-order valence-electron chi connectivity index (χ1n) is 8.08. The molecule has 1 heterocycles. The molecule has 1 fully saturated rings. The van der Waals surface area contributed by atoms with Crippen LogP contribution in [0.5, 0.6) is 5.75 Å². The molecule has 2 aromatic rings. The van der Waals surface area contributed by atoms with Crippen molar-refractivity contribution in [2.45, 2.75) is 6.10 Å². The molecule has 3 rings (SSSR count). The second-order valence-electron chi connectivity index (χ2n) is 5.72. The normalized spacial score (nSPS) is 15.3. The molecular weight excluding hydrogens is 360 g/mol. The van der Waals surface area contributed by atoms with E-state index in [4.69, 9.17) is 21.1 Å². The molecule has 7 nitrogen and oxygen atoms in total. The Morgan fingerprint density at radius 2 is 1.88 bits per heavy atom. The Morgan fingerprint density at radius 3 is 2.50 bits per heavy atom. The molecule has 136 valence electrons. The van der Waals surface area contributed by atoms with Crippen molar-refractivity contribution in [1.29, 1.82) is 0 Å². The van der Waals surface area contributed by atoms with Crippen LogP contribution in [0.2, 0.25) is 5.02 Å². The zero-order valence-electron chi connectivity index (χ0n) is 13.8. The third-order valence-corrected chi connectivity index (χ3v) is 4.32. The number of carbonyl (C=O) groups is 1. The van der Waals surface area contributed by atoms with Crippen LogP contribution in [0.3, 0.4) is 0 Å². The summed E-state index contributed by atoms with van der Waals surface area (Å²) in [6.45, 7) is 1.93. The van der Waals surface area contributed by atoms with Crippen molar-refractivity contribution in [1.82, 2.24) is 4.90 Å². The average Bonchev–Trinajstić information content (AvgIpc) is 2.67. The van der Waals surface area contributed by atoms with Gasteiger partial charge >= 0.3 is 0 Å². The summed E-state index contributed by atoms with van der Waals surface area (Å²) in [6, 6.07) is 13.0. The number of nitro benzene ring substituents is 1. The molecule has 1 saturated heterocycles. The number of carbonyl (C=O) groups excluding carboxylic acids is 1. The fourth-order valence-electron chi connectivity index (χ4n) is 2.66. The van der Waals surface area contributed by atoms with E-state index in [0.29, 0.717) is 31.9 Å². The van der Waals surface area contributed by atoms with E-state index in [1.807, 2.05) is 18.2 Å². The zero-order valence-corrected chi connectivity index (χ0v) is 14.6. The molecule has 1 amide bonds. The monoisotopic (exact) mass is 376 g/mol. The van der Waals surface area contributed by atoms with Crippen LogP contribution in [0.25, 0.3) is 0 Å². The lowest BCUT2D eigenvalue weighted by Crippen LogP contribution is -2.44. The molecule has 0 bridgehead atoms. The molecule has 0 aromatic heterocycles. The summed E-state index contributed by atoms with van der Waals surface area (Å²) in [5, 5.41) is 10.9. The van der Waals surface area contributed by atoms with Crippen molar-refractivity contribution in [3.63, 3.8) is 0 Å². The molecule has 0 radical (unpaired) electrons. The molecule has 0 saturated carbocycles. The Labute approximate surface area is 155 Å². The Morgan fingerprint density at radius 1 is 1.19 bits per heavy atom. The number of hydrogen-bond donors (Lipinski definition) is 0. The molecule has 1 aliphatic heterocycles. The van der Waals surface area contributed by atoms with Crippen molar-refractivity contribution >= 4 is 23.2 Å². The highest BCUT2D eigenvalue weighted by Crippen LogP contribution is 2.33. The van der Waals surface area contributed by atoms with Gasteiger partial charge in [-0.3, -0.25) is 14.9 Å². The quantitative estimate of drug-likeness (QED) is 0.591. The molecule has 1 aliphatic rings. The highest BCUT2D eigenvalue weighted by molar-refractivity contribution is 6.32. The number of nitrogens with zero attached hydrogens (tertiary/aromatic N) is 2. The second-order valence-corrected chi connectivity index (χ2v) is 6.13. The highest BCUT2D eigenvalue weighted by atomic mass is 35.5. The van der Waals surface area contributed by atoms with E-state index in [2.05, 4.69) is 0 Å². The first-order chi connectivity index (χ1) is 12.6. The molecule has 26 heavy (non-hydrogen) atoms. The smallest absolute Gasteiger partial charge is 0.271 e. The fraction of sp³-hybridized carbons (Fsp3) is 0.278. The summed E-state index contributed by atoms with van der Waals surface area (Å²) in [7, 11) is 0. The van der Waals surface area contributed by atoms with Crippen LogP contribution in [0.1, 0.15) is 11.7 Å². The standard InChI is InChI=1S/C18H17ClN2O5/c19-15-12-14(21(23)24)6-7-16(15)26-17(13-4-2-1-3-5-13)18(22)20-8-10-25-11-9-20/h1-7,12,17H,8-11H2/t17-/m0/s1. The van der Waals surface area contributed by atoms with Gasteiger partial charge in [0.2, 0.25) is 6.10 Å². The van der Waals surface area contributed by atoms with E-state index >= 15 is 0 Å². The molecule has 0 unspecified atom stereocenters. The van der Waals surface area contributed by atoms with Gasteiger partial charge < -0.3 is 14.4 Å².